The molecule has 0 saturated carbocycles. The number of aromatic nitrogens is 2. The predicted molar refractivity (Wildman–Crippen MR) is 83.0 cm³/mol. The van der Waals surface area contributed by atoms with E-state index in [0.29, 0.717) is 6.61 Å². The highest BCUT2D eigenvalue weighted by Gasteiger charge is 2.19. The van der Waals surface area contributed by atoms with Crippen LogP contribution in [0.3, 0.4) is 0 Å². The molecule has 0 fully saturated rings. The van der Waals surface area contributed by atoms with Crippen molar-refractivity contribution in [2.24, 2.45) is 11.5 Å². The van der Waals surface area contributed by atoms with E-state index >= 15 is 0 Å². The number of halogens is 1. The molecule has 2 heterocycles. The molecule has 4 N–H and O–H groups in total. The molecule has 20 heavy (non-hydrogen) atoms. The Balaban J connectivity index is 2.31. The average Bonchev–Trinajstić information content (AvgIpc) is 2.64. The Morgan fingerprint density at radius 3 is 3.00 bits per heavy atom. The maximum atomic E-state index is 5.80. The number of rotatable bonds is 2. The van der Waals surface area contributed by atoms with E-state index in [4.69, 9.17) is 16.2 Å². The summed E-state index contributed by atoms with van der Waals surface area (Å²) in [6, 6.07) is 3.95. The van der Waals surface area contributed by atoms with Gasteiger partial charge < -0.3 is 20.8 Å². The van der Waals surface area contributed by atoms with Gasteiger partial charge in [0.2, 0.25) is 0 Å². The molecule has 104 valence electrons. The van der Waals surface area contributed by atoms with Gasteiger partial charge in [-0.1, -0.05) is 15.9 Å². The lowest BCUT2D eigenvalue weighted by Gasteiger charge is -2.07. The van der Waals surface area contributed by atoms with E-state index < -0.39 is 0 Å². The van der Waals surface area contributed by atoms with Crippen LogP contribution in [0.1, 0.15) is 12.2 Å². The van der Waals surface area contributed by atoms with Gasteiger partial charge in [-0.15, -0.1) is 0 Å². The molecule has 0 amide bonds. The highest BCUT2D eigenvalue weighted by atomic mass is 79.9. The predicted octanol–water partition coefficient (Wildman–Crippen LogP) is 2.35. The van der Waals surface area contributed by atoms with Gasteiger partial charge in [0.05, 0.1) is 12.1 Å². The Morgan fingerprint density at radius 2 is 2.25 bits per heavy atom. The Labute approximate surface area is 125 Å². The Bertz CT molecular complexity index is 718. The van der Waals surface area contributed by atoms with E-state index in [2.05, 4.69) is 25.5 Å². The minimum atomic E-state index is 0.696. The summed E-state index contributed by atoms with van der Waals surface area (Å²) in [6.45, 7) is 1.54. The van der Waals surface area contributed by atoms with Gasteiger partial charge in [-0.3, -0.25) is 0 Å². The first-order chi connectivity index (χ1) is 9.74. The summed E-state index contributed by atoms with van der Waals surface area (Å²) in [7, 11) is 0. The molecule has 0 radical (unpaired) electrons. The average molecular weight is 335 g/mol. The molecular formula is C14H15BrN4O. The number of benzene rings is 1. The van der Waals surface area contributed by atoms with Gasteiger partial charge in [-0.25, -0.2) is 4.98 Å². The lowest BCUT2D eigenvalue weighted by molar-refractivity contribution is 0.315. The number of allylic oxidation sites excluding steroid dienone is 2. The molecule has 0 atom stereocenters. The standard InChI is InChI=1S/C14H15BrN4O/c15-10-6-11-13-12(7-10)20-5-1-4-19(13)14(18-11)9(8-17)2-3-16/h2-3,6-8H,1,4-5,16-17H2/b3-2-,9-8+. The monoisotopic (exact) mass is 334 g/mol. The van der Waals surface area contributed by atoms with Crippen LogP contribution >= 0.6 is 15.9 Å². The van der Waals surface area contributed by atoms with E-state index in [1.165, 1.54) is 12.4 Å². The fourth-order valence-corrected chi connectivity index (χ4v) is 2.88. The molecule has 1 aliphatic heterocycles. The van der Waals surface area contributed by atoms with E-state index in [0.717, 1.165) is 45.6 Å². The van der Waals surface area contributed by atoms with Crippen LogP contribution in [-0.2, 0) is 6.54 Å². The van der Waals surface area contributed by atoms with Gasteiger partial charge in [-0.2, -0.15) is 0 Å². The quantitative estimate of drug-likeness (QED) is 0.826. The summed E-state index contributed by atoms with van der Waals surface area (Å²) in [5.74, 6) is 1.66. The van der Waals surface area contributed by atoms with Gasteiger partial charge in [0, 0.05) is 22.8 Å². The van der Waals surface area contributed by atoms with Gasteiger partial charge in [-0.05, 0) is 30.8 Å². The van der Waals surface area contributed by atoms with Crippen molar-refractivity contribution in [2.45, 2.75) is 13.0 Å². The first-order valence-corrected chi connectivity index (χ1v) is 7.17. The first kappa shape index (κ1) is 13.1. The number of ether oxygens (including phenoxy) is 1. The van der Waals surface area contributed by atoms with Crippen LogP contribution in [0.15, 0.2) is 35.1 Å². The number of nitrogens with zero attached hydrogens (tertiary/aromatic N) is 2. The second kappa shape index (κ2) is 5.20. The number of nitrogens with two attached hydrogens (primary N) is 2. The second-order valence-electron chi connectivity index (χ2n) is 4.54. The molecule has 0 unspecified atom stereocenters. The molecule has 0 bridgehead atoms. The van der Waals surface area contributed by atoms with Gasteiger partial charge in [0.25, 0.3) is 0 Å². The third kappa shape index (κ3) is 2.06. The third-order valence-electron chi connectivity index (χ3n) is 3.27. The van der Waals surface area contributed by atoms with E-state index in [-0.39, 0.29) is 0 Å². The smallest absolute Gasteiger partial charge is 0.146 e. The van der Waals surface area contributed by atoms with Crippen LogP contribution in [0.2, 0.25) is 0 Å². The fourth-order valence-electron chi connectivity index (χ4n) is 2.46. The summed E-state index contributed by atoms with van der Waals surface area (Å²) in [4.78, 5) is 4.67. The molecule has 1 aromatic carbocycles. The van der Waals surface area contributed by atoms with Gasteiger partial charge in [0.15, 0.2) is 0 Å². The Kier molecular flexibility index (Phi) is 3.40. The minimum absolute atomic E-state index is 0.696. The fraction of sp³-hybridized carbons (Fsp3) is 0.214. The summed E-state index contributed by atoms with van der Waals surface area (Å²) in [6.07, 6.45) is 5.67. The number of hydrogen-bond donors (Lipinski definition) is 2. The molecule has 0 spiro atoms. The summed E-state index contributed by atoms with van der Waals surface area (Å²) < 4.78 is 8.90. The number of hydrogen-bond acceptors (Lipinski definition) is 4. The van der Waals surface area contributed by atoms with Gasteiger partial charge >= 0.3 is 0 Å². The summed E-state index contributed by atoms with van der Waals surface area (Å²) in [5.41, 5.74) is 13.9. The highest BCUT2D eigenvalue weighted by molar-refractivity contribution is 9.10. The Morgan fingerprint density at radius 1 is 1.40 bits per heavy atom. The third-order valence-corrected chi connectivity index (χ3v) is 3.73. The van der Waals surface area contributed by atoms with Crippen LogP contribution in [0, 0.1) is 0 Å². The van der Waals surface area contributed by atoms with E-state index in [9.17, 15) is 0 Å². The molecule has 6 heteroatoms. The zero-order chi connectivity index (χ0) is 14.1. The van der Waals surface area contributed by atoms with Crippen molar-refractivity contribution in [1.82, 2.24) is 9.55 Å². The van der Waals surface area contributed by atoms with Crippen LogP contribution < -0.4 is 16.2 Å². The van der Waals surface area contributed by atoms with Crippen LogP contribution in [0.25, 0.3) is 16.6 Å². The van der Waals surface area contributed by atoms with Crippen molar-refractivity contribution < 1.29 is 4.74 Å². The van der Waals surface area contributed by atoms with Crippen LogP contribution in [0.4, 0.5) is 0 Å². The largest absolute Gasteiger partial charge is 0.491 e. The second-order valence-corrected chi connectivity index (χ2v) is 5.46. The lowest BCUT2D eigenvalue weighted by Crippen LogP contribution is -2.04. The Hall–Kier alpha value is -1.95. The maximum absolute atomic E-state index is 5.80. The molecule has 3 rings (SSSR count). The van der Waals surface area contributed by atoms with Gasteiger partial charge in [0.1, 0.15) is 17.1 Å². The molecular weight excluding hydrogens is 320 g/mol. The minimum Gasteiger partial charge on any atom is -0.491 e. The topological polar surface area (TPSA) is 79.1 Å². The molecule has 0 saturated heterocycles. The van der Waals surface area contributed by atoms with Crippen molar-refractivity contribution >= 4 is 32.5 Å². The van der Waals surface area contributed by atoms with Crippen molar-refractivity contribution in [3.8, 4) is 5.75 Å². The van der Waals surface area contributed by atoms with Crippen molar-refractivity contribution in [3.63, 3.8) is 0 Å². The lowest BCUT2D eigenvalue weighted by atomic mass is 10.2. The van der Waals surface area contributed by atoms with E-state index in [1.807, 2.05) is 12.1 Å². The molecule has 0 aliphatic carbocycles. The zero-order valence-corrected chi connectivity index (χ0v) is 12.4. The van der Waals surface area contributed by atoms with Crippen molar-refractivity contribution in [3.05, 3.63) is 40.9 Å². The molecule has 5 nitrogen and oxygen atoms in total. The maximum Gasteiger partial charge on any atom is 0.146 e. The summed E-state index contributed by atoms with van der Waals surface area (Å²) >= 11 is 3.49. The molecule has 1 aromatic heterocycles. The molecule has 1 aliphatic rings. The SMILES string of the molecule is N/C=C\C(=C/N)c1nc2cc(Br)cc3c2n1CCCO3. The highest BCUT2D eigenvalue weighted by Crippen LogP contribution is 2.34. The number of aryl methyl sites for hydroxylation is 1. The zero-order valence-electron chi connectivity index (χ0n) is 10.8. The van der Waals surface area contributed by atoms with Crippen molar-refractivity contribution in [1.29, 1.82) is 0 Å². The number of imidazole rings is 1. The summed E-state index contributed by atoms with van der Waals surface area (Å²) in [5, 5.41) is 0. The van der Waals surface area contributed by atoms with E-state index in [1.54, 1.807) is 6.08 Å². The normalized spacial score (nSPS) is 15.6. The van der Waals surface area contributed by atoms with Crippen molar-refractivity contribution in [2.75, 3.05) is 6.61 Å². The van der Waals surface area contributed by atoms with Crippen LogP contribution in [0.5, 0.6) is 5.75 Å². The first-order valence-electron chi connectivity index (χ1n) is 6.37. The molecule has 2 aromatic rings. The van der Waals surface area contributed by atoms with Crippen LogP contribution in [-0.4, -0.2) is 16.2 Å².